The average Bonchev–Trinajstić information content (AvgIpc) is 3.16. The van der Waals surface area contributed by atoms with Gasteiger partial charge in [0.2, 0.25) is 0 Å². The summed E-state index contributed by atoms with van der Waals surface area (Å²) in [7, 11) is -5.87. The summed E-state index contributed by atoms with van der Waals surface area (Å²) in [6, 6.07) is 53.3. The number of fused-ring (bicyclic) bond motifs is 2. The van der Waals surface area contributed by atoms with Crippen molar-refractivity contribution in [1.29, 1.82) is 0 Å². The zero-order valence-electron chi connectivity index (χ0n) is 27.1. The Morgan fingerprint density at radius 1 is 0.396 bits per heavy atom. The molecule has 4 nitrogen and oxygen atoms in total. The first-order valence-electron chi connectivity index (χ1n) is 16.5. The van der Waals surface area contributed by atoms with Gasteiger partial charge in [0, 0.05) is 11.1 Å². The second-order valence-electron chi connectivity index (χ2n) is 12.0. The van der Waals surface area contributed by atoms with Gasteiger partial charge in [-0.15, -0.1) is 0 Å². The highest BCUT2D eigenvalue weighted by Crippen LogP contribution is 2.41. The molecule has 0 fully saturated rings. The third kappa shape index (κ3) is 5.23. The summed E-state index contributed by atoms with van der Waals surface area (Å²) in [6.45, 7) is 4.28. The lowest BCUT2D eigenvalue weighted by molar-refractivity contribution is 0.0976. The molecular weight excluding hydrogens is 625 g/mol. The molecule has 1 aliphatic carbocycles. The third-order valence-corrected chi connectivity index (χ3v) is 17.7. The molecule has 6 aromatic rings. The highest BCUT2D eigenvalue weighted by atomic mass is 28.4. The quantitative estimate of drug-likeness (QED) is 0.152. The predicted molar refractivity (Wildman–Crippen MR) is 198 cm³/mol. The van der Waals surface area contributed by atoms with Crippen LogP contribution in [0.1, 0.15) is 45.7 Å². The van der Waals surface area contributed by atoms with E-state index in [2.05, 4.69) is 62.4 Å². The van der Waals surface area contributed by atoms with Crippen molar-refractivity contribution in [2.24, 2.45) is 0 Å². The standard InChI is InChI=1S/C42H36O4Si2/c1-3-47(31-19-9-5-10-20-31,32-21-11-6-12-22-32)45-37-29-30-38(40-39(37)41(43)35-27-17-18-28-36(35)42(40)44)46-48(4-2,33-23-13-7-14-24-33)34-25-15-8-16-26-34/h5-30H,3-4H2,1-2H3. The van der Waals surface area contributed by atoms with E-state index in [4.69, 9.17) is 8.85 Å². The minimum absolute atomic E-state index is 0.232. The lowest BCUT2D eigenvalue weighted by Crippen LogP contribution is -2.63. The molecule has 0 heterocycles. The molecule has 0 aromatic heterocycles. The van der Waals surface area contributed by atoms with Crippen LogP contribution in [0.25, 0.3) is 0 Å². The Labute approximate surface area is 283 Å². The maximum atomic E-state index is 14.6. The van der Waals surface area contributed by atoms with E-state index in [0.29, 0.717) is 22.6 Å². The number of ketones is 2. The van der Waals surface area contributed by atoms with Gasteiger partial charge in [0.15, 0.2) is 11.6 Å². The van der Waals surface area contributed by atoms with Gasteiger partial charge < -0.3 is 8.85 Å². The summed E-state index contributed by atoms with van der Waals surface area (Å²) in [5, 5.41) is 4.36. The predicted octanol–water partition coefficient (Wildman–Crippen LogP) is 6.78. The van der Waals surface area contributed by atoms with E-state index in [1.54, 1.807) is 24.3 Å². The summed E-state index contributed by atoms with van der Waals surface area (Å²) in [5.41, 5.74) is 1.30. The Morgan fingerprint density at radius 3 is 0.938 bits per heavy atom. The van der Waals surface area contributed by atoms with Gasteiger partial charge in [-0.25, -0.2) is 0 Å². The van der Waals surface area contributed by atoms with Gasteiger partial charge in [-0.2, -0.15) is 0 Å². The maximum Gasteiger partial charge on any atom is 0.314 e. The van der Waals surface area contributed by atoms with Crippen molar-refractivity contribution in [1.82, 2.24) is 0 Å². The fourth-order valence-corrected chi connectivity index (χ4v) is 14.1. The van der Waals surface area contributed by atoms with Crippen molar-refractivity contribution in [3.05, 3.63) is 180 Å². The smallest absolute Gasteiger partial charge is 0.314 e. The average molecular weight is 661 g/mol. The van der Waals surface area contributed by atoms with Gasteiger partial charge in [0.05, 0.1) is 11.1 Å². The molecule has 0 atom stereocenters. The fourth-order valence-electron chi connectivity index (χ4n) is 7.07. The highest BCUT2D eigenvalue weighted by Gasteiger charge is 2.45. The molecule has 0 spiro atoms. The number of hydrogen-bond acceptors (Lipinski definition) is 4. The van der Waals surface area contributed by atoms with E-state index in [0.717, 1.165) is 32.8 Å². The van der Waals surface area contributed by atoms with Crippen molar-refractivity contribution in [3.63, 3.8) is 0 Å². The minimum atomic E-state index is -2.94. The summed E-state index contributed by atoms with van der Waals surface area (Å²) in [6.07, 6.45) is 0. The number of hydrogen-bond donors (Lipinski definition) is 0. The Hall–Kier alpha value is -5.31. The molecule has 0 aliphatic heterocycles. The van der Waals surface area contributed by atoms with Crippen molar-refractivity contribution >= 4 is 48.9 Å². The van der Waals surface area contributed by atoms with Gasteiger partial charge >= 0.3 is 16.6 Å². The Kier molecular flexibility index (Phi) is 8.52. The second-order valence-corrected chi connectivity index (χ2v) is 19.5. The molecule has 48 heavy (non-hydrogen) atoms. The highest BCUT2D eigenvalue weighted by molar-refractivity contribution is 6.98. The van der Waals surface area contributed by atoms with Gasteiger partial charge in [-0.3, -0.25) is 9.59 Å². The van der Waals surface area contributed by atoms with Crippen molar-refractivity contribution in [3.8, 4) is 11.5 Å². The summed E-state index contributed by atoms with van der Waals surface area (Å²) in [4.78, 5) is 29.2. The van der Waals surface area contributed by atoms with Crippen LogP contribution >= 0.6 is 0 Å². The summed E-state index contributed by atoms with van der Waals surface area (Å²) < 4.78 is 14.5. The lowest BCUT2D eigenvalue weighted by atomic mass is 9.83. The Bertz CT molecular complexity index is 1850. The first kappa shape index (κ1) is 31.3. The van der Waals surface area contributed by atoms with Crippen molar-refractivity contribution in [2.45, 2.75) is 25.9 Å². The van der Waals surface area contributed by atoms with Crippen molar-refractivity contribution in [2.75, 3.05) is 0 Å². The first-order valence-corrected chi connectivity index (χ1v) is 20.7. The summed E-state index contributed by atoms with van der Waals surface area (Å²) >= 11 is 0. The molecule has 0 N–H and O–H groups in total. The van der Waals surface area contributed by atoms with Crippen molar-refractivity contribution < 1.29 is 18.4 Å². The molecule has 0 amide bonds. The van der Waals surface area contributed by atoms with Gasteiger partial charge in [-0.05, 0) is 45.0 Å². The SMILES string of the molecule is CC[Si](Oc1ccc(O[Si](CC)(c2ccccc2)c2ccccc2)c2c1C(=O)c1ccccc1C2=O)(c1ccccc1)c1ccccc1. The maximum absolute atomic E-state index is 14.6. The van der Waals surface area contributed by atoms with Crippen LogP contribution < -0.4 is 29.6 Å². The Morgan fingerprint density at radius 2 is 0.667 bits per heavy atom. The van der Waals surface area contributed by atoms with E-state index in [1.165, 1.54) is 0 Å². The third-order valence-electron chi connectivity index (χ3n) is 9.52. The van der Waals surface area contributed by atoms with E-state index in [-0.39, 0.29) is 22.7 Å². The first-order chi connectivity index (χ1) is 23.5. The molecule has 0 bridgehead atoms. The van der Waals surface area contributed by atoms with Crippen LogP contribution in [0.3, 0.4) is 0 Å². The van der Waals surface area contributed by atoms with Crippen LogP contribution in [-0.2, 0) is 0 Å². The second kappa shape index (κ2) is 13.1. The molecule has 0 radical (unpaired) electrons. The van der Waals surface area contributed by atoms with Crippen LogP contribution in [0, 0.1) is 0 Å². The van der Waals surface area contributed by atoms with E-state index < -0.39 is 16.6 Å². The number of carbonyl (C=O) groups is 2. The topological polar surface area (TPSA) is 52.6 Å². The van der Waals surface area contributed by atoms with Crippen LogP contribution in [0.4, 0.5) is 0 Å². The zero-order chi connectivity index (χ0) is 33.1. The molecule has 0 saturated carbocycles. The molecule has 0 saturated heterocycles. The van der Waals surface area contributed by atoms with Gasteiger partial charge in [0.1, 0.15) is 11.5 Å². The molecule has 0 unspecified atom stereocenters. The molecule has 6 aromatic carbocycles. The molecule has 6 heteroatoms. The van der Waals surface area contributed by atoms with Gasteiger partial charge in [-0.1, -0.05) is 159 Å². The van der Waals surface area contributed by atoms with E-state index in [9.17, 15) is 9.59 Å². The summed E-state index contributed by atoms with van der Waals surface area (Å²) in [5.74, 6) is 0.358. The molecule has 7 rings (SSSR count). The largest absolute Gasteiger partial charge is 0.534 e. The van der Waals surface area contributed by atoms with Gasteiger partial charge in [0.25, 0.3) is 0 Å². The minimum Gasteiger partial charge on any atom is -0.534 e. The number of carbonyl (C=O) groups excluding carboxylic acids is 2. The number of rotatable bonds is 10. The van der Waals surface area contributed by atoms with E-state index >= 15 is 0 Å². The molecular formula is C42H36O4Si2. The monoisotopic (exact) mass is 660 g/mol. The normalized spacial score (nSPS) is 12.6. The van der Waals surface area contributed by atoms with Crippen LogP contribution in [0.5, 0.6) is 11.5 Å². The van der Waals surface area contributed by atoms with E-state index in [1.807, 2.05) is 84.9 Å². The molecule has 236 valence electrons. The van der Waals surface area contributed by atoms with Crippen LogP contribution in [0.15, 0.2) is 158 Å². The zero-order valence-corrected chi connectivity index (χ0v) is 29.1. The van der Waals surface area contributed by atoms with Crippen LogP contribution in [-0.4, -0.2) is 28.2 Å². The number of benzene rings is 6. The fraction of sp³-hybridized carbons (Fsp3) is 0.0952. The van der Waals surface area contributed by atoms with Crippen LogP contribution in [0.2, 0.25) is 12.1 Å². The lowest BCUT2D eigenvalue weighted by Gasteiger charge is -2.36. The molecule has 1 aliphatic rings. The Balaban J connectivity index is 1.46.